The number of hydrogen-bond donors (Lipinski definition) is 0. The van der Waals surface area contributed by atoms with Gasteiger partial charge < -0.3 is 1.43 Å². The molecule has 0 N–H and O–H groups in total. The Hall–Kier alpha value is -5.44. The van der Waals surface area contributed by atoms with Crippen molar-refractivity contribution in [2.45, 2.75) is 0 Å². The minimum atomic E-state index is -4.48. The molecule has 0 aliphatic heterocycles. The topological polar surface area (TPSA) is 17.1 Å². The van der Waals surface area contributed by atoms with Gasteiger partial charge in [0.2, 0.25) is 0 Å². The van der Waals surface area contributed by atoms with Crippen molar-refractivity contribution in [2.75, 3.05) is 0 Å². The maximum atomic E-state index is 17.1. The van der Waals surface area contributed by atoms with E-state index < -0.39 is 30.1 Å². The summed E-state index contributed by atoms with van der Waals surface area (Å²) in [7, 11) is 0. The Morgan fingerprint density at radius 1 is 0.233 bits per heavy atom. The number of benzene rings is 9. The normalized spacial score (nSPS) is 14.2. The molecule has 0 saturated carbocycles. The molecule has 0 amide bonds. The molecular weight excluding hydrogens is 872 g/mol. The third-order valence-corrected chi connectivity index (χ3v) is 82.8. The largest absolute Gasteiger partial charge is 1.00 e. The fourth-order valence-electron chi connectivity index (χ4n) is 9.55. The Morgan fingerprint density at radius 2 is 0.350 bits per heavy atom. The predicted octanol–water partition coefficient (Wildman–Crippen LogP) is 9.37. The van der Waals surface area contributed by atoms with Crippen LogP contribution in [0, 0.1) is 0 Å². The Labute approximate surface area is 359 Å². The van der Waals surface area contributed by atoms with Crippen LogP contribution in [0.3, 0.4) is 0 Å². The van der Waals surface area contributed by atoms with Crippen LogP contribution in [0.15, 0.2) is 273 Å². The van der Waals surface area contributed by atoms with E-state index in [2.05, 4.69) is 273 Å². The van der Waals surface area contributed by atoms with Gasteiger partial charge in [-0.25, -0.2) is 0 Å². The van der Waals surface area contributed by atoms with Gasteiger partial charge in [-0.15, -0.1) is 0 Å². The van der Waals surface area contributed by atoms with Crippen LogP contribution >= 0.6 is 16.8 Å². The van der Waals surface area contributed by atoms with Crippen molar-refractivity contribution in [1.29, 1.82) is 0 Å². The Kier molecular flexibility index (Phi) is 11.8. The van der Waals surface area contributed by atoms with Gasteiger partial charge in [0.1, 0.15) is 0 Å². The Bertz CT molecular complexity index is 2160. The van der Waals surface area contributed by atoms with Gasteiger partial charge in [-0.05, 0) is 0 Å². The standard InChI is InChI=1S/3C18H15P.CHO.Rh.H/c3*1-4-10-16(11-5-1)19(17-12-6-2-7-13-17)18-14-8-3-9-15-18;1-2;;/h3*1-15H;1H;;/q;;;;-3;-1/p+3. The molecule has 1 nitrogen and oxygen atoms in total. The molecule has 0 spiro atoms. The van der Waals surface area contributed by atoms with Gasteiger partial charge >= 0.3 is 361 Å². The van der Waals surface area contributed by atoms with Gasteiger partial charge in [-0.1, -0.05) is 0 Å². The third kappa shape index (κ3) is 6.16. The van der Waals surface area contributed by atoms with Gasteiger partial charge in [0.15, 0.2) is 0 Å². The molecule has 9 aromatic rings. The zero-order chi connectivity index (χ0) is 40.7. The summed E-state index contributed by atoms with van der Waals surface area (Å²) in [6.07, 6.45) is 0. The second-order valence-corrected chi connectivity index (χ2v) is 53.1. The van der Waals surface area contributed by atoms with Crippen LogP contribution in [0.4, 0.5) is 0 Å². The summed E-state index contributed by atoms with van der Waals surface area (Å²) < 4.78 is 0. The van der Waals surface area contributed by atoms with Crippen LogP contribution < -0.4 is 47.7 Å². The quantitative estimate of drug-likeness (QED) is 0.0641. The van der Waals surface area contributed by atoms with Gasteiger partial charge in [-0.3, -0.25) is 0 Å². The van der Waals surface area contributed by atoms with E-state index in [0.29, 0.717) is 0 Å². The van der Waals surface area contributed by atoms with E-state index in [1.165, 1.54) is 47.7 Å². The van der Waals surface area contributed by atoms with Crippen molar-refractivity contribution in [3.63, 3.8) is 0 Å². The summed E-state index contributed by atoms with van der Waals surface area (Å²) >= 11 is -4.48. The summed E-state index contributed by atoms with van der Waals surface area (Å²) in [5.41, 5.74) is -11.0. The molecule has 0 bridgehead atoms. The molecule has 0 heterocycles. The second kappa shape index (κ2) is 17.7. The van der Waals surface area contributed by atoms with E-state index in [1.54, 1.807) is 4.88 Å². The summed E-state index contributed by atoms with van der Waals surface area (Å²) in [5.74, 6) is 0. The van der Waals surface area contributed by atoms with Crippen molar-refractivity contribution in [3.8, 4) is 0 Å². The van der Waals surface area contributed by atoms with Crippen LogP contribution in [0.2, 0.25) is 0 Å². The summed E-state index contributed by atoms with van der Waals surface area (Å²) in [6.45, 7) is 0. The molecule has 0 saturated heterocycles. The Balaban J connectivity index is 0.00000514. The molecule has 0 atom stereocenters. The van der Waals surface area contributed by atoms with E-state index in [-0.39, 0.29) is 1.43 Å². The molecule has 0 unspecified atom stereocenters. The summed E-state index contributed by atoms with van der Waals surface area (Å²) in [5, 5.41) is 11.5. The van der Waals surface area contributed by atoms with Crippen molar-refractivity contribution in [2.24, 2.45) is 0 Å². The van der Waals surface area contributed by atoms with Crippen LogP contribution in [-0.2, 0) is 18.1 Å². The van der Waals surface area contributed by atoms with E-state index in [4.69, 9.17) is 0 Å². The van der Waals surface area contributed by atoms with Crippen LogP contribution in [0.5, 0.6) is 0 Å². The molecule has 60 heavy (non-hydrogen) atoms. The molecule has 9 rings (SSSR count). The van der Waals surface area contributed by atoms with Crippen molar-refractivity contribution < 1.29 is 19.6 Å². The van der Waals surface area contributed by atoms with Gasteiger partial charge in [0.05, 0.1) is 0 Å². The fraction of sp³-hybridized carbons (Fsp3) is 0. The number of hydrogen-bond acceptors (Lipinski definition) is 1. The first-order chi connectivity index (χ1) is 29.8. The molecule has 0 fully saturated rings. The molecule has 301 valence electrons. The smallest absolute Gasteiger partial charge is 1.00 e. The summed E-state index contributed by atoms with van der Waals surface area (Å²) in [6, 6.07) is 102. The number of carbonyl (C=O) groups is 1. The van der Waals surface area contributed by atoms with E-state index in [9.17, 15) is 0 Å². The van der Waals surface area contributed by atoms with Crippen LogP contribution in [-0.4, -0.2) is 4.88 Å². The molecule has 0 aliphatic carbocycles. The maximum absolute atomic E-state index is 17.1. The Morgan fingerprint density at radius 3 is 0.450 bits per heavy atom. The second-order valence-electron chi connectivity index (χ2n) is 14.8. The van der Waals surface area contributed by atoms with E-state index in [1.807, 2.05) is 0 Å². The number of rotatable bonds is 13. The zero-order valence-electron chi connectivity index (χ0n) is 34.3. The van der Waals surface area contributed by atoms with E-state index >= 15 is 4.79 Å². The first-order valence-electron chi connectivity index (χ1n) is 20.4. The van der Waals surface area contributed by atoms with Gasteiger partial charge in [-0.2, -0.15) is 0 Å². The minimum Gasteiger partial charge on any atom is -1.00 e. The fourth-order valence-corrected chi connectivity index (χ4v) is 112. The maximum Gasteiger partial charge on any atom is -1.00 e. The summed E-state index contributed by atoms with van der Waals surface area (Å²) in [4.78, 5) is 18.8. The molecule has 0 aromatic heterocycles. The first-order valence-corrected chi connectivity index (χ1v) is 34.2. The molecular formula is C55H50OP3Rh-. The van der Waals surface area contributed by atoms with Crippen molar-refractivity contribution in [1.82, 2.24) is 0 Å². The molecule has 9 aromatic carbocycles. The molecule has 0 radical (unpaired) electrons. The van der Waals surface area contributed by atoms with Gasteiger partial charge in [0, 0.05) is 0 Å². The third-order valence-electron chi connectivity index (χ3n) is 11.7. The number of carbonyl (C=O) groups excluding carboxylic acids is 1. The monoisotopic (exact) mass is 922 g/mol. The van der Waals surface area contributed by atoms with E-state index in [0.717, 1.165) is 0 Å². The van der Waals surface area contributed by atoms with Crippen molar-refractivity contribution in [3.05, 3.63) is 273 Å². The first kappa shape index (κ1) is 40.0. The zero-order valence-corrected chi connectivity index (χ0v) is 37.9. The minimum absolute atomic E-state index is 0. The van der Waals surface area contributed by atoms with Crippen LogP contribution in [0.1, 0.15) is 1.43 Å². The SMILES string of the molecule is O=[CH][Rh]([PH](c1ccccc1)(c1ccccc1)c1ccccc1)([PH](c1ccccc1)(c1ccccc1)c1ccccc1)[PH](c1ccccc1)(c1ccccc1)c1ccccc1.[H-]. The molecule has 0 aliphatic rings. The van der Waals surface area contributed by atoms with Gasteiger partial charge in [0.25, 0.3) is 0 Å². The van der Waals surface area contributed by atoms with Crippen molar-refractivity contribution >= 4 is 69.4 Å². The van der Waals surface area contributed by atoms with Crippen LogP contribution in [0.25, 0.3) is 0 Å². The average Bonchev–Trinajstić information content (AvgIpc) is 3.35. The average molecular weight is 923 g/mol. The predicted molar refractivity (Wildman–Crippen MR) is 267 cm³/mol. The molecule has 5 heteroatoms.